The number of aryl methyl sites for hydroxylation is 1. The van der Waals surface area contributed by atoms with Crippen molar-refractivity contribution in [2.24, 2.45) is 0 Å². The Morgan fingerprint density at radius 3 is 2.81 bits per heavy atom. The number of ether oxygens (including phenoxy) is 1. The van der Waals surface area contributed by atoms with E-state index >= 15 is 0 Å². The number of rotatable bonds is 3. The van der Waals surface area contributed by atoms with Crippen LogP contribution in [0.5, 0.6) is 5.75 Å². The zero-order valence-corrected chi connectivity index (χ0v) is 9.28. The summed E-state index contributed by atoms with van der Waals surface area (Å²) >= 11 is 0. The van der Waals surface area contributed by atoms with Gasteiger partial charge in [-0.2, -0.15) is 5.26 Å². The van der Waals surface area contributed by atoms with E-state index in [2.05, 4.69) is 0 Å². The van der Waals surface area contributed by atoms with Crippen LogP contribution in [0.1, 0.15) is 23.6 Å². The summed E-state index contributed by atoms with van der Waals surface area (Å²) in [5, 5.41) is 18.4. The van der Waals surface area contributed by atoms with Gasteiger partial charge in [-0.05, 0) is 25.5 Å². The number of hydrogen-bond acceptors (Lipinski definition) is 4. The monoisotopic (exact) mass is 219 g/mol. The Morgan fingerprint density at radius 2 is 2.25 bits per heavy atom. The number of esters is 1. The molecule has 84 valence electrons. The molecule has 4 heteroatoms. The molecule has 0 amide bonds. The molecule has 0 aliphatic heterocycles. The van der Waals surface area contributed by atoms with Gasteiger partial charge in [-0.25, -0.2) is 0 Å². The second kappa shape index (κ2) is 5.17. The molecular weight excluding hydrogens is 206 g/mol. The van der Waals surface area contributed by atoms with Gasteiger partial charge in [0.25, 0.3) is 0 Å². The normalized spacial score (nSPS) is 9.56. The maximum absolute atomic E-state index is 11.2. The van der Waals surface area contributed by atoms with Crippen molar-refractivity contribution in [2.75, 3.05) is 6.61 Å². The topological polar surface area (TPSA) is 70.3 Å². The molecule has 0 bridgehead atoms. The molecular formula is C12H13NO3. The molecule has 1 aromatic carbocycles. The van der Waals surface area contributed by atoms with E-state index in [1.165, 1.54) is 6.07 Å². The fourth-order valence-electron chi connectivity index (χ4n) is 1.39. The average Bonchev–Trinajstić information content (AvgIpc) is 2.23. The minimum absolute atomic E-state index is 0.0201. The van der Waals surface area contributed by atoms with Gasteiger partial charge in [0, 0.05) is 5.56 Å². The molecule has 16 heavy (non-hydrogen) atoms. The third-order valence-corrected chi connectivity index (χ3v) is 2.19. The Morgan fingerprint density at radius 1 is 1.56 bits per heavy atom. The number of nitrogens with zero attached hydrogens (tertiary/aromatic N) is 1. The minimum atomic E-state index is -0.387. The Bertz CT molecular complexity index is 446. The molecule has 0 fully saturated rings. The van der Waals surface area contributed by atoms with Crippen molar-refractivity contribution >= 4 is 5.97 Å². The highest BCUT2D eigenvalue weighted by Gasteiger charge is 2.11. The molecule has 4 nitrogen and oxygen atoms in total. The highest BCUT2D eigenvalue weighted by Crippen LogP contribution is 2.22. The number of benzene rings is 1. The first kappa shape index (κ1) is 12.1. The lowest BCUT2D eigenvalue weighted by Crippen LogP contribution is -2.08. The molecule has 0 aromatic heterocycles. The highest BCUT2D eigenvalue weighted by atomic mass is 16.5. The van der Waals surface area contributed by atoms with Crippen LogP contribution in [0.4, 0.5) is 0 Å². The first-order chi connectivity index (χ1) is 7.58. The third kappa shape index (κ3) is 2.74. The lowest BCUT2D eigenvalue weighted by molar-refractivity contribution is -0.142. The molecule has 0 spiro atoms. The number of phenols is 1. The van der Waals surface area contributed by atoms with E-state index in [9.17, 15) is 9.90 Å². The van der Waals surface area contributed by atoms with Gasteiger partial charge in [0.1, 0.15) is 5.75 Å². The van der Waals surface area contributed by atoms with Gasteiger partial charge in [-0.1, -0.05) is 6.07 Å². The second-order valence-corrected chi connectivity index (χ2v) is 3.39. The summed E-state index contributed by atoms with van der Waals surface area (Å²) in [4.78, 5) is 11.2. The van der Waals surface area contributed by atoms with Gasteiger partial charge < -0.3 is 9.84 Å². The van der Waals surface area contributed by atoms with E-state index in [0.29, 0.717) is 17.7 Å². The predicted octanol–water partition coefficient (Wildman–Crippen LogP) is 1.68. The SMILES string of the molecule is CCOC(=O)Cc1cc(C)c(C#N)cc1O. The van der Waals surface area contributed by atoms with E-state index in [1.54, 1.807) is 19.9 Å². The van der Waals surface area contributed by atoms with E-state index < -0.39 is 0 Å². The maximum Gasteiger partial charge on any atom is 0.310 e. The van der Waals surface area contributed by atoms with Gasteiger partial charge in [0.15, 0.2) is 0 Å². The largest absolute Gasteiger partial charge is 0.508 e. The molecule has 0 saturated carbocycles. The predicted molar refractivity (Wildman–Crippen MR) is 57.9 cm³/mol. The number of phenolic OH excluding ortho intramolecular Hbond substituents is 1. The van der Waals surface area contributed by atoms with Crippen LogP contribution in [0.25, 0.3) is 0 Å². The number of hydrogen-bond donors (Lipinski definition) is 1. The zero-order chi connectivity index (χ0) is 12.1. The van der Waals surface area contributed by atoms with Crippen molar-refractivity contribution in [3.05, 3.63) is 28.8 Å². The van der Waals surface area contributed by atoms with Gasteiger partial charge in [-0.3, -0.25) is 4.79 Å². The molecule has 0 aliphatic carbocycles. The molecule has 0 radical (unpaired) electrons. The molecule has 0 heterocycles. The summed E-state index contributed by atoms with van der Waals surface area (Å²) in [6.07, 6.45) is 0.0201. The van der Waals surface area contributed by atoms with Crippen LogP contribution in [0.15, 0.2) is 12.1 Å². The first-order valence-corrected chi connectivity index (χ1v) is 4.96. The zero-order valence-electron chi connectivity index (χ0n) is 9.28. The van der Waals surface area contributed by atoms with Crippen LogP contribution in [0.3, 0.4) is 0 Å². The second-order valence-electron chi connectivity index (χ2n) is 3.39. The fourth-order valence-corrected chi connectivity index (χ4v) is 1.39. The lowest BCUT2D eigenvalue weighted by Gasteiger charge is -2.06. The number of carbonyl (C=O) groups is 1. The Kier molecular flexibility index (Phi) is 3.90. The summed E-state index contributed by atoms with van der Waals surface area (Å²) in [5.41, 5.74) is 1.62. The Balaban J connectivity index is 2.95. The van der Waals surface area contributed by atoms with Crippen LogP contribution in [0.2, 0.25) is 0 Å². The molecule has 0 aliphatic rings. The van der Waals surface area contributed by atoms with Gasteiger partial charge in [-0.15, -0.1) is 0 Å². The number of nitriles is 1. The van der Waals surface area contributed by atoms with Gasteiger partial charge >= 0.3 is 5.97 Å². The van der Waals surface area contributed by atoms with Crippen molar-refractivity contribution in [1.82, 2.24) is 0 Å². The first-order valence-electron chi connectivity index (χ1n) is 4.96. The van der Waals surface area contributed by atoms with Crippen LogP contribution in [0, 0.1) is 18.3 Å². The van der Waals surface area contributed by atoms with E-state index in [4.69, 9.17) is 10.00 Å². The van der Waals surface area contributed by atoms with Crippen LogP contribution in [-0.2, 0) is 16.0 Å². The quantitative estimate of drug-likeness (QED) is 0.785. The summed E-state index contributed by atoms with van der Waals surface area (Å²) in [6, 6.07) is 4.96. The summed E-state index contributed by atoms with van der Waals surface area (Å²) in [6.45, 7) is 3.79. The average molecular weight is 219 g/mol. The van der Waals surface area contributed by atoms with E-state index in [-0.39, 0.29) is 18.1 Å². The molecule has 1 aromatic rings. The third-order valence-electron chi connectivity index (χ3n) is 2.19. The van der Waals surface area contributed by atoms with Crippen LogP contribution in [-0.4, -0.2) is 17.7 Å². The van der Waals surface area contributed by atoms with Crippen molar-refractivity contribution in [3.63, 3.8) is 0 Å². The van der Waals surface area contributed by atoms with Crippen molar-refractivity contribution in [1.29, 1.82) is 5.26 Å². The van der Waals surface area contributed by atoms with Crippen LogP contribution < -0.4 is 0 Å². The Hall–Kier alpha value is -2.02. The Labute approximate surface area is 94.1 Å². The number of carbonyl (C=O) groups excluding carboxylic acids is 1. The van der Waals surface area contributed by atoms with Crippen LogP contribution >= 0.6 is 0 Å². The summed E-state index contributed by atoms with van der Waals surface area (Å²) in [7, 11) is 0. The smallest absolute Gasteiger partial charge is 0.310 e. The standard InChI is InChI=1S/C12H13NO3/c1-3-16-12(15)6-9-4-8(2)10(7-13)5-11(9)14/h4-5,14H,3,6H2,1-2H3. The van der Waals surface area contributed by atoms with Crippen molar-refractivity contribution < 1.29 is 14.6 Å². The molecule has 0 unspecified atom stereocenters. The van der Waals surface area contributed by atoms with Gasteiger partial charge in [0.2, 0.25) is 0 Å². The lowest BCUT2D eigenvalue weighted by atomic mass is 10.0. The van der Waals surface area contributed by atoms with E-state index in [1.807, 2.05) is 6.07 Å². The highest BCUT2D eigenvalue weighted by molar-refractivity contribution is 5.73. The molecule has 1 rings (SSSR count). The minimum Gasteiger partial charge on any atom is -0.508 e. The molecule has 1 N–H and O–H groups in total. The summed E-state index contributed by atoms with van der Waals surface area (Å²) in [5.74, 6) is -0.433. The molecule has 0 saturated heterocycles. The van der Waals surface area contributed by atoms with Gasteiger partial charge in [0.05, 0.1) is 24.7 Å². The summed E-state index contributed by atoms with van der Waals surface area (Å²) < 4.78 is 4.78. The van der Waals surface area contributed by atoms with Crippen molar-refractivity contribution in [2.45, 2.75) is 20.3 Å². The maximum atomic E-state index is 11.2. The molecule has 0 atom stereocenters. The fraction of sp³-hybridized carbons (Fsp3) is 0.333. The van der Waals surface area contributed by atoms with E-state index in [0.717, 1.165) is 5.56 Å². The van der Waals surface area contributed by atoms with Crippen molar-refractivity contribution in [3.8, 4) is 11.8 Å². The number of aromatic hydroxyl groups is 1.